The first-order chi connectivity index (χ1) is 10.3. The van der Waals surface area contributed by atoms with Crippen molar-refractivity contribution in [3.05, 3.63) is 48.2 Å². The van der Waals surface area contributed by atoms with Gasteiger partial charge in [0, 0.05) is 28.8 Å². The number of aromatic amines is 1. The zero-order chi connectivity index (χ0) is 14.8. The molecule has 0 saturated carbocycles. The topological polar surface area (TPSA) is 54.5 Å². The fourth-order valence-electron chi connectivity index (χ4n) is 2.66. The average Bonchev–Trinajstić information content (AvgIpc) is 2.99. The average molecular weight is 283 g/mol. The van der Waals surface area contributed by atoms with Crippen molar-refractivity contribution in [3.8, 4) is 22.6 Å². The van der Waals surface area contributed by atoms with Crippen molar-refractivity contribution in [1.29, 1.82) is 0 Å². The number of hydrogen-bond donors (Lipinski definition) is 2. The smallest absolute Gasteiger partial charge is 0.132 e. The first kappa shape index (κ1) is 13.5. The normalized spacial score (nSPS) is 10.8. The number of aromatic nitrogens is 1. The molecule has 3 aromatic rings. The molecule has 0 unspecified atom stereocenters. The molecular weight excluding hydrogens is 266 g/mol. The minimum absolute atomic E-state index is 0.0988. The van der Waals surface area contributed by atoms with Crippen molar-refractivity contribution in [2.24, 2.45) is 0 Å². The van der Waals surface area contributed by atoms with Crippen LogP contribution in [0.25, 0.3) is 22.0 Å². The first-order valence-corrected chi connectivity index (χ1v) is 6.71. The van der Waals surface area contributed by atoms with E-state index in [1.54, 1.807) is 14.2 Å². The van der Waals surface area contributed by atoms with Crippen LogP contribution in [0.15, 0.2) is 42.6 Å². The highest BCUT2D eigenvalue weighted by atomic mass is 16.5. The van der Waals surface area contributed by atoms with Crippen molar-refractivity contribution in [1.82, 2.24) is 4.98 Å². The van der Waals surface area contributed by atoms with E-state index in [1.807, 2.05) is 42.6 Å². The van der Waals surface area contributed by atoms with Crippen molar-refractivity contribution < 1.29 is 14.6 Å². The lowest BCUT2D eigenvalue weighted by atomic mass is 10.0. The molecule has 0 bridgehead atoms. The van der Waals surface area contributed by atoms with E-state index in [2.05, 4.69) is 4.98 Å². The zero-order valence-electron chi connectivity index (χ0n) is 12.0. The van der Waals surface area contributed by atoms with Crippen molar-refractivity contribution in [3.63, 3.8) is 0 Å². The van der Waals surface area contributed by atoms with E-state index >= 15 is 0 Å². The van der Waals surface area contributed by atoms with E-state index in [1.165, 1.54) is 0 Å². The largest absolute Gasteiger partial charge is 0.496 e. The molecule has 0 fully saturated rings. The fourth-order valence-corrected chi connectivity index (χ4v) is 2.66. The van der Waals surface area contributed by atoms with Gasteiger partial charge in [-0.25, -0.2) is 0 Å². The van der Waals surface area contributed by atoms with E-state index < -0.39 is 0 Å². The van der Waals surface area contributed by atoms with Crippen LogP contribution in [0, 0.1) is 0 Å². The number of aliphatic hydroxyl groups is 1. The van der Waals surface area contributed by atoms with Crippen LogP contribution in [0.3, 0.4) is 0 Å². The summed E-state index contributed by atoms with van der Waals surface area (Å²) >= 11 is 0. The molecular formula is C17H17NO3. The molecule has 4 heteroatoms. The first-order valence-electron chi connectivity index (χ1n) is 6.71. The molecule has 0 saturated heterocycles. The maximum Gasteiger partial charge on any atom is 0.132 e. The lowest BCUT2D eigenvalue weighted by Crippen LogP contribution is -1.96. The molecule has 108 valence electrons. The number of fused-ring (bicyclic) bond motifs is 1. The number of aliphatic hydroxyl groups excluding tert-OH is 1. The summed E-state index contributed by atoms with van der Waals surface area (Å²) in [6, 6.07) is 11.9. The van der Waals surface area contributed by atoms with Gasteiger partial charge in [0.05, 0.1) is 26.3 Å². The third-order valence-electron chi connectivity index (χ3n) is 3.67. The molecule has 3 rings (SSSR count). The van der Waals surface area contributed by atoms with E-state index in [4.69, 9.17) is 9.47 Å². The molecule has 0 radical (unpaired) electrons. The molecule has 21 heavy (non-hydrogen) atoms. The van der Waals surface area contributed by atoms with Crippen LogP contribution in [0.1, 0.15) is 5.56 Å². The Balaban J connectivity index is 2.35. The highest BCUT2D eigenvalue weighted by Gasteiger charge is 2.18. The summed E-state index contributed by atoms with van der Waals surface area (Å²) in [6.07, 6.45) is 1.93. The Bertz CT molecular complexity index is 763. The van der Waals surface area contributed by atoms with E-state index in [9.17, 15) is 5.11 Å². The maximum atomic E-state index is 9.65. The molecule has 2 aromatic carbocycles. The summed E-state index contributed by atoms with van der Waals surface area (Å²) in [5.41, 5.74) is 3.71. The Morgan fingerprint density at radius 3 is 2.38 bits per heavy atom. The van der Waals surface area contributed by atoms with Crippen LogP contribution in [0.2, 0.25) is 0 Å². The van der Waals surface area contributed by atoms with Crippen LogP contribution in [0.5, 0.6) is 11.5 Å². The van der Waals surface area contributed by atoms with Gasteiger partial charge < -0.3 is 19.6 Å². The lowest BCUT2D eigenvalue weighted by molar-refractivity contribution is 0.275. The Hall–Kier alpha value is -2.46. The van der Waals surface area contributed by atoms with Gasteiger partial charge in [0.1, 0.15) is 11.5 Å². The van der Waals surface area contributed by atoms with Gasteiger partial charge in [-0.15, -0.1) is 0 Å². The molecule has 2 N–H and O–H groups in total. The Kier molecular flexibility index (Phi) is 3.54. The van der Waals surface area contributed by atoms with Gasteiger partial charge in [-0.1, -0.05) is 30.3 Å². The Morgan fingerprint density at radius 2 is 1.76 bits per heavy atom. The second-order valence-electron chi connectivity index (χ2n) is 4.74. The maximum absolute atomic E-state index is 9.65. The van der Waals surface area contributed by atoms with Gasteiger partial charge in [-0.05, 0) is 5.56 Å². The van der Waals surface area contributed by atoms with Gasteiger partial charge in [0.2, 0.25) is 0 Å². The van der Waals surface area contributed by atoms with E-state index in [0.29, 0.717) is 5.75 Å². The van der Waals surface area contributed by atoms with Crippen LogP contribution in [0.4, 0.5) is 0 Å². The molecule has 0 atom stereocenters. The minimum atomic E-state index is -0.0988. The quantitative estimate of drug-likeness (QED) is 0.772. The molecule has 4 nitrogen and oxygen atoms in total. The van der Waals surface area contributed by atoms with Gasteiger partial charge in [0.25, 0.3) is 0 Å². The van der Waals surface area contributed by atoms with Gasteiger partial charge in [-0.2, -0.15) is 0 Å². The molecule has 1 heterocycles. The second-order valence-corrected chi connectivity index (χ2v) is 4.74. The monoisotopic (exact) mass is 283 g/mol. The van der Waals surface area contributed by atoms with Crippen LogP contribution in [-0.2, 0) is 6.61 Å². The Labute approximate surface area is 122 Å². The zero-order valence-corrected chi connectivity index (χ0v) is 12.0. The van der Waals surface area contributed by atoms with E-state index in [0.717, 1.165) is 33.3 Å². The number of rotatable bonds is 4. The molecule has 0 aliphatic carbocycles. The van der Waals surface area contributed by atoms with Gasteiger partial charge in [0.15, 0.2) is 0 Å². The number of benzene rings is 2. The van der Waals surface area contributed by atoms with Crippen LogP contribution < -0.4 is 9.47 Å². The molecule has 0 amide bonds. The van der Waals surface area contributed by atoms with Crippen molar-refractivity contribution >= 4 is 10.9 Å². The summed E-state index contributed by atoms with van der Waals surface area (Å²) < 4.78 is 10.9. The number of H-pyrrole nitrogens is 1. The van der Waals surface area contributed by atoms with Crippen molar-refractivity contribution in [2.75, 3.05) is 14.2 Å². The number of ether oxygens (including phenoxy) is 2. The summed E-state index contributed by atoms with van der Waals surface area (Å²) in [5, 5.41) is 10.6. The summed E-state index contributed by atoms with van der Waals surface area (Å²) in [6.45, 7) is -0.0988. The second kappa shape index (κ2) is 5.50. The molecule has 1 aromatic heterocycles. The predicted octanol–water partition coefficient (Wildman–Crippen LogP) is 3.34. The third kappa shape index (κ3) is 2.14. The molecule has 0 aliphatic heterocycles. The fraction of sp³-hybridized carbons (Fsp3) is 0.176. The standard InChI is InChI=1S/C17H17NO3/c1-20-14-8-15(21-2)16-12(11-6-4-3-5-7-11)9-18-17(16)13(14)10-19/h3-9,18-19H,10H2,1-2H3. The van der Waals surface area contributed by atoms with Crippen LogP contribution in [-0.4, -0.2) is 24.3 Å². The highest BCUT2D eigenvalue weighted by molar-refractivity contribution is 6.02. The summed E-state index contributed by atoms with van der Waals surface area (Å²) in [4.78, 5) is 3.24. The SMILES string of the molecule is COc1cc(OC)c2c(-c3ccccc3)c[nH]c2c1CO. The molecule has 0 spiro atoms. The highest BCUT2D eigenvalue weighted by Crippen LogP contribution is 2.41. The van der Waals surface area contributed by atoms with E-state index in [-0.39, 0.29) is 6.61 Å². The lowest BCUT2D eigenvalue weighted by Gasteiger charge is -2.12. The van der Waals surface area contributed by atoms with Crippen molar-refractivity contribution in [2.45, 2.75) is 6.61 Å². The molecule has 0 aliphatic rings. The van der Waals surface area contributed by atoms with Gasteiger partial charge >= 0.3 is 0 Å². The summed E-state index contributed by atoms with van der Waals surface area (Å²) in [5.74, 6) is 1.34. The Morgan fingerprint density at radius 1 is 1.05 bits per heavy atom. The minimum Gasteiger partial charge on any atom is -0.496 e. The number of nitrogens with one attached hydrogen (secondary N) is 1. The summed E-state index contributed by atoms with van der Waals surface area (Å²) in [7, 11) is 3.22. The number of methoxy groups -OCH3 is 2. The predicted molar refractivity (Wildman–Crippen MR) is 82.8 cm³/mol. The third-order valence-corrected chi connectivity index (χ3v) is 3.67. The van der Waals surface area contributed by atoms with Crippen LogP contribution >= 0.6 is 0 Å². The number of hydrogen-bond acceptors (Lipinski definition) is 3. The van der Waals surface area contributed by atoms with Gasteiger partial charge in [-0.3, -0.25) is 0 Å².